The highest BCUT2D eigenvalue weighted by Gasteiger charge is 2.42. The molecule has 0 aromatic carbocycles. The summed E-state index contributed by atoms with van der Waals surface area (Å²) in [6, 6.07) is 0.00714. The molecule has 0 radical (unpaired) electrons. The molecule has 2 N–H and O–H groups in total. The Morgan fingerprint density at radius 2 is 1.95 bits per heavy atom. The van der Waals surface area contributed by atoms with Crippen LogP contribution in [0.25, 0.3) is 0 Å². The van der Waals surface area contributed by atoms with Gasteiger partial charge in [-0.15, -0.1) is 0 Å². The van der Waals surface area contributed by atoms with Gasteiger partial charge in [-0.2, -0.15) is 0 Å². The molecule has 0 spiro atoms. The number of carboxylic acids is 1. The third kappa shape index (κ3) is 4.90. The number of amides is 2. The minimum absolute atomic E-state index is 0.120. The molecule has 1 aliphatic heterocycles. The summed E-state index contributed by atoms with van der Waals surface area (Å²) < 4.78 is 0. The van der Waals surface area contributed by atoms with Gasteiger partial charge in [0.15, 0.2) is 0 Å². The van der Waals surface area contributed by atoms with E-state index in [4.69, 9.17) is 0 Å². The van der Waals surface area contributed by atoms with Gasteiger partial charge in [-0.25, -0.2) is 4.79 Å². The quantitative estimate of drug-likeness (QED) is 0.791. The second-order valence-corrected chi connectivity index (χ2v) is 6.79. The summed E-state index contributed by atoms with van der Waals surface area (Å²) >= 11 is 0. The number of rotatable bonds is 6. The molecule has 21 heavy (non-hydrogen) atoms. The largest absolute Gasteiger partial charge is 0.481 e. The van der Waals surface area contributed by atoms with Crippen LogP contribution in [-0.4, -0.2) is 41.1 Å². The summed E-state index contributed by atoms with van der Waals surface area (Å²) in [6.45, 7) is 9.21. The van der Waals surface area contributed by atoms with Gasteiger partial charge in [0.2, 0.25) is 0 Å². The Morgan fingerprint density at radius 1 is 1.29 bits per heavy atom. The van der Waals surface area contributed by atoms with Crippen molar-refractivity contribution in [1.82, 2.24) is 10.2 Å². The lowest BCUT2D eigenvalue weighted by Gasteiger charge is -2.39. The van der Waals surface area contributed by atoms with Crippen molar-refractivity contribution in [1.29, 1.82) is 0 Å². The topological polar surface area (TPSA) is 69.6 Å². The number of carboxylic acid groups (broad SMARTS) is 1. The maximum atomic E-state index is 12.3. The number of carbonyl (C=O) groups excluding carboxylic acids is 1. The van der Waals surface area contributed by atoms with E-state index >= 15 is 0 Å². The Balaban J connectivity index is 2.56. The van der Waals surface area contributed by atoms with Crippen LogP contribution in [0.1, 0.15) is 59.8 Å². The third-order valence-electron chi connectivity index (χ3n) is 4.54. The summed E-state index contributed by atoms with van der Waals surface area (Å²) in [5.41, 5.74) is -0.767. The summed E-state index contributed by atoms with van der Waals surface area (Å²) in [4.78, 5) is 25.5. The number of nitrogens with one attached hydrogen (secondary N) is 1. The molecule has 0 aromatic heterocycles. The summed E-state index contributed by atoms with van der Waals surface area (Å²) in [5.74, 6) is -0.158. The average molecular weight is 298 g/mol. The van der Waals surface area contributed by atoms with Crippen molar-refractivity contribution in [3.63, 3.8) is 0 Å². The molecule has 1 heterocycles. The maximum absolute atomic E-state index is 12.3. The van der Waals surface area contributed by atoms with Gasteiger partial charge in [0.25, 0.3) is 0 Å². The van der Waals surface area contributed by atoms with E-state index in [2.05, 4.69) is 19.2 Å². The van der Waals surface area contributed by atoms with Crippen LogP contribution >= 0.6 is 0 Å². The van der Waals surface area contributed by atoms with E-state index in [1.165, 1.54) is 0 Å². The molecule has 2 unspecified atom stereocenters. The van der Waals surface area contributed by atoms with Gasteiger partial charge in [-0.05, 0) is 44.9 Å². The Kier molecular flexibility index (Phi) is 6.49. The molecule has 0 aliphatic carbocycles. The van der Waals surface area contributed by atoms with E-state index in [9.17, 15) is 14.7 Å². The zero-order valence-corrected chi connectivity index (χ0v) is 13.8. The van der Waals surface area contributed by atoms with Gasteiger partial charge in [-0.1, -0.05) is 20.8 Å². The molecule has 5 heteroatoms. The Bertz CT molecular complexity index is 371. The van der Waals surface area contributed by atoms with E-state index in [1.54, 1.807) is 4.90 Å². The molecular formula is C16H30N2O3. The molecule has 0 saturated carbocycles. The molecule has 0 aromatic rings. The number of hydrogen-bond acceptors (Lipinski definition) is 2. The highest BCUT2D eigenvalue weighted by molar-refractivity contribution is 5.78. The van der Waals surface area contributed by atoms with Crippen LogP contribution in [0.15, 0.2) is 0 Å². The van der Waals surface area contributed by atoms with Crippen LogP contribution in [0.5, 0.6) is 0 Å². The van der Waals surface area contributed by atoms with Gasteiger partial charge in [0, 0.05) is 19.1 Å². The zero-order chi connectivity index (χ0) is 16.0. The van der Waals surface area contributed by atoms with Crippen LogP contribution in [0.4, 0.5) is 4.79 Å². The summed E-state index contributed by atoms with van der Waals surface area (Å²) in [7, 11) is 0. The first-order valence-corrected chi connectivity index (χ1v) is 8.09. The molecule has 1 rings (SSSR count). The molecule has 2 amide bonds. The first-order valence-electron chi connectivity index (χ1n) is 8.09. The van der Waals surface area contributed by atoms with E-state index in [1.807, 2.05) is 13.8 Å². The van der Waals surface area contributed by atoms with Crippen molar-refractivity contribution in [3.05, 3.63) is 0 Å². The zero-order valence-electron chi connectivity index (χ0n) is 13.8. The molecule has 1 fully saturated rings. The lowest BCUT2D eigenvalue weighted by Crippen LogP contribution is -2.53. The standard InChI is InChI=1S/C16H30N2O3/c1-5-16(14(19)20)9-6-10-18(11-16)15(21)17-13(4)8-7-12(2)3/h12-13H,5-11H2,1-4H3,(H,17,21)(H,19,20). The number of urea groups is 1. The minimum Gasteiger partial charge on any atom is -0.481 e. The smallest absolute Gasteiger partial charge is 0.317 e. The SMILES string of the molecule is CCC1(C(=O)O)CCCN(C(=O)NC(C)CCC(C)C)C1. The molecule has 1 saturated heterocycles. The lowest BCUT2D eigenvalue weighted by molar-refractivity contribution is -0.152. The minimum atomic E-state index is -0.782. The number of nitrogens with zero attached hydrogens (tertiary/aromatic N) is 1. The molecule has 0 bridgehead atoms. The fraction of sp³-hybridized carbons (Fsp3) is 0.875. The maximum Gasteiger partial charge on any atom is 0.317 e. The van der Waals surface area contributed by atoms with Crippen LogP contribution < -0.4 is 5.32 Å². The van der Waals surface area contributed by atoms with Gasteiger partial charge in [0.1, 0.15) is 0 Å². The van der Waals surface area contributed by atoms with Gasteiger partial charge in [0.05, 0.1) is 5.41 Å². The second kappa shape index (κ2) is 7.66. The molecular weight excluding hydrogens is 268 g/mol. The van der Waals surface area contributed by atoms with E-state index in [0.29, 0.717) is 31.8 Å². The highest BCUT2D eigenvalue weighted by atomic mass is 16.4. The van der Waals surface area contributed by atoms with Crippen LogP contribution in [0.2, 0.25) is 0 Å². The Morgan fingerprint density at radius 3 is 2.48 bits per heavy atom. The number of piperidine rings is 1. The van der Waals surface area contributed by atoms with Crippen molar-refractivity contribution in [3.8, 4) is 0 Å². The van der Waals surface area contributed by atoms with E-state index < -0.39 is 11.4 Å². The predicted octanol–water partition coefficient (Wildman–Crippen LogP) is 3.10. The molecule has 1 aliphatic rings. The van der Waals surface area contributed by atoms with Crippen LogP contribution in [-0.2, 0) is 4.79 Å². The Hall–Kier alpha value is -1.26. The van der Waals surface area contributed by atoms with Crippen molar-refractivity contribution < 1.29 is 14.7 Å². The van der Waals surface area contributed by atoms with Gasteiger partial charge in [-0.3, -0.25) is 4.79 Å². The third-order valence-corrected chi connectivity index (χ3v) is 4.54. The van der Waals surface area contributed by atoms with Gasteiger partial charge >= 0.3 is 12.0 Å². The first kappa shape index (κ1) is 17.8. The average Bonchev–Trinajstić information content (AvgIpc) is 2.44. The number of carbonyl (C=O) groups is 2. The lowest BCUT2D eigenvalue weighted by atomic mass is 9.78. The molecule has 122 valence electrons. The predicted molar refractivity (Wildman–Crippen MR) is 83.2 cm³/mol. The summed E-state index contributed by atoms with van der Waals surface area (Å²) in [5, 5.41) is 12.5. The number of hydrogen-bond donors (Lipinski definition) is 2. The fourth-order valence-electron chi connectivity index (χ4n) is 2.88. The van der Waals surface area contributed by atoms with Crippen LogP contribution in [0.3, 0.4) is 0 Å². The normalized spacial score (nSPS) is 24.0. The van der Waals surface area contributed by atoms with Crippen molar-refractivity contribution in [2.75, 3.05) is 13.1 Å². The molecule has 5 nitrogen and oxygen atoms in total. The van der Waals surface area contributed by atoms with Crippen molar-refractivity contribution >= 4 is 12.0 Å². The van der Waals surface area contributed by atoms with Crippen LogP contribution in [0, 0.1) is 11.3 Å². The van der Waals surface area contributed by atoms with E-state index in [-0.39, 0.29) is 12.1 Å². The fourth-order valence-corrected chi connectivity index (χ4v) is 2.88. The van der Waals surface area contributed by atoms with Gasteiger partial charge < -0.3 is 15.3 Å². The van der Waals surface area contributed by atoms with Crippen molar-refractivity contribution in [2.45, 2.75) is 65.8 Å². The monoisotopic (exact) mass is 298 g/mol. The highest BCUT2D eigenvalue weighted by Crippen LogP contribution is 2.33. The second-order valence-electron chi connectivity index (χ2n) is 6.79. The summed E-state index contributed by atoms with van der Waals surface area (Å²) in [6.07, 6.45) is 4.01. The van der Waals surface area contributed by atoms with E-state index in [0.717, 1.165) is 19.3 Å². The Labute approximate surface area is 128 Å². The first-order chi connectivity index (χ1) is 9.80. The number of aliphatic carboxylic acids is 1. The molecule has 2 atom stereocenters. The number of likely N-dealkylation sites (tertiary alicyclic amines) is 1. The van der Waals surface area contributed by atoms with Crippen molar-refractivity contribution in [2.24, 2.45) is 11.3 Å².